The van der Waals surface area contributed by atoms with Crippen LogP contribution < -0.4 is 0 Å². The first kappa shape index (κ1) is 15.6. The third-order valence-electron chi connectivity index (χ3n) is 3.06. The molecule has 1 heterocycles. The normalized spacial score (nSPS) is 11.6. The van der Waals surface area contributed by atoms with Crippen molar-refractivity contribution in [1.29, 1.82) is 0 Å². The summed E-state index contributed by atoms with van der Waals surface area (Å²) in [6, 6.07) is 16.8. The molecule has 3 aromatic rings. The Bertz CT molecular complexity index is 801. The standard InChI is InChI=1S/C17H13ClN2O2S/c18-14-8-6-13(7-9-14)15(21)11-23-17-20-19-16(22-17)10-12-4-2-1-3-5-12/h1-9,11,21H,10H2. The lowest BCUT2D eigenvalue weighted by Gasteiger charge is -1.99. The van der Waals surface area contributed by atoms with E-state index in [1.54, 1.807) is 29.7 Å². The van der Waals surface area contributed by atoms with Crippen molar-refractivity contribution >= 4 is 29.1 Å². The van der Waals surface area contributed by atoms with Crippen LogP contribution in [0.25, 0.3) is 5.76 Å². The molecule has 0 bridgehead atoms. The second-order valence-electron chi connectivity index (χ2n) is 4.75. The maximum atomic E-state index is 10.0. The first-order valence-electron chi connectivity index (χ1n) is 6.89. The third kappa shape index (κ3) is 4.37. The lowest BCUT2D eigenvalue weighted by atomic mass is 10.2. The van der Waals surface area contributed by atoms with Crippen molar-refractivity contribution in [3.05, 3.63) is 82.0 Å². The summed E-state index contributed by atoms with van der Waals surface area (Å²) in [6.07, 6.45) is 0.585. The van der Waals surface area contributed by atoms with Crippen LogP contribution in [-0.2, 0) is 6.42 Å². The molecule has 2 aromatic carbocycles. The van der Waals surface area contributed by atoms with Gasteiger partial charge in [-0.15, -0.1) is 10.2 Å². The summed E-state index contributed by atoms with van der Waals surface area (Å²) in [7, 11) is 0. The van der Waals surface area contributed by atoms with E-state index in [4.69, 9.17) is 16.0 Å². The summed E-state index contributed by atoms with van der Waals surface area (Å²) in [4.78, 5) is 0. The molecule has 4 nitrogen and oxygen atoms in total. The van der Waals surface area contributed by atoms with Gasteiger partial charge in [0.15, 0.2) is 0 Å². The third-order valence-corrected chi connectivity index (χ3v) is 4.02. The van der Waals surface area contributed by atoms with E-state index in [2.05, 4.69) is 10.2 Å². The van der Waals surface area contributed by atoms with Gasteiger partial charge in [-0.2, -0.15) is 0 Å². The number of hydrogen-bond acceptors (Lipinski definition) is 5. The number of aliphatic hydroxyl groups excluding tert-OH is 1. The minimum Gasteiger partial charge on any atom is -0.507 e. The predicted octanol–water partition coefficient (Wildman–Crippen LogP) is 4.96. The Morgan fingerprint density at radius 3 is 2.57 bits per heavy atom. The molecule has 1 N–H and O–H groups in total. The van der Waals surface area contributed by atoms with Gasteiger partial charge < -0.3 is 9.52 Å². The molecule has 0 unspecified atom stereocenters. The number of nitrogens with zero attached hydrogens (tertiary/aromatic N) is 2. The molecule has 0 aliphatic carbocycles. The van der Waals surface area contributed by atoms with E-state index in [0.29, 0.717) is 28.1 Å². The van der Waals surface area contributed by atoms with Gasteiger partial charge in [-0.05, 0) is 41.6 Å². The zero-order valence-corrected chi connectivity index (χ0v) is 13.6. The predicted molar refractivity (Wildman–Crippen MR) is 91.5 cm³/mol. The first-order valence-corrected chi connectivity index (χ1v) is 8.14. The minimum absolute atomic E-state index is 0.120. The van der Waals surface area contributed by atoms with Crippen LogP contribution in [-0.4, -0.2) is 15.3 Å². The molecule has 6 heteroatoms. The van der Waals surface area contributed by atoms with Crippen LogP contribution in [0, 0.1) is 0 Å². The Labute approximate surface area is 142 Å². The SMILES string of the molecule is OC(=CSc1nnc(Cc2ccccc2)o1)c1ccc(Cl)cc1. The van der Waals surface area contributed by atoms with Gasteiger partial charge in [0.2, 0.25) is 5.89 Å². The summed E-state index contributed by atoms with van der Waals surface area (Å²) in [5.41, 5.74) is 1.78. The molecular formula is C17H13ClN2O2S. The van der Waals surface area contributed by atoms with Gasteiger partial charge in [0.25, 0.3) is 5.22 Å². The second kappa shape index (κ2) is 7.35. The first-order chi connectivity index (χ1) is 11.2. The molecule has 0 amide bonds. The number of benzene rings is 2. The maximum absolute atomic E-state index is 10.0. The van der Waals surface area contributed by atoms with E-state index >= 15 is 0 Å². The molecule has 23 heavy (non-hydrogen) atoms. The van der Waals surface area contributed by atoms with Crippen molar-refractivity contribution in [2.24, 2.45) is 0 Å². The molecule has 0 saturated carbocycles. The Hall–Kier alpha value is -2.24. The van der Waals surface area contributed by atoms with E-state index in [1.807, 2.05) is 30.3 Å². The quantitative estimate of drug-likeness (QED) is 0.523. The van der Waals surface area contributed by atoms with Crippen molar-refractivity contribution in [1.82, 2.24) is 10.2 Å². The fourth-order valence-corrected chi connectivity index (χ4v) is 2.63. The Morgan fingerprint density at radius 1 is 1.09 bits per heavy atom. The lowest BCUT2D eigenvalue weighted by Crippen LogP contribution is -1.87. The number of hydrogen-bond donors (Lipinski definition) is 1. The highest BCUT2D eigenvalue weighted by Gasteiger charge is 2.07. The summed E-state index contributed by atoms with van der Waals surface area (Å²) < 4.78 is 5.56. The minimum atomic E-state index is 0.120. The van der Waals surface area contributed by atoms with Gasteiger partial charge in [0.05, 0.1) is 6.42 Å². The van der Waals surface area contributed by atoms with E-state index in [1.165, 1.54) is 11.8 Å². The van der Waals surface area contributed by atoms with E-state index in [0.717, 1.165) is 5.56 Å². The molecule has 0 aliphatic heterocycles. The second-order valence-corrected chi connectivity index (χ2v) is 6.01. The summed E-state index contributed by atoms with van der Waals surface area (Å²) in [5, 5.41) is 20.6. The Morgan fingerprint density at radius 2 is 1.83 bits per heavy atom. The zero-order valence-electron chi connectivity index (χ0n) is 12.0. The Balaban J connectivity index is 1.64. The van der Waals surface area contributed by atoms with Crippen LogP contribution >= 0.6 is 23.4 Å². The van der Waals surface area contributed by atoms with Crippen LogP contribution in [0.2, 0.25) is 5.02 Å². The molecule has 116 valence electrons. The fourth-order valence-electron chi connectivity index (χ4n) is 1.92. The van der Waals surface area contributed by atoms with Gasteiger partial charge in [0, 0.05) is 16.0 Å². The highest BCUT2D eigenvalue weighted by molar-refractivity contribution is 8.02. The largest absolute Gasteiger partial charge is 0.507 e. The van der Waals surface area contributed by atoms with E-state index < -0.39 is 0 Å². The highest BCUT2D eigenvalue weighted by Crippen LogP contribution is 2.24. The fraction of sp³-hybridized carbons (Fsp3) is 0.0588. The number of aromatic nitrogens is 2. The molecule has 0 saturated heterocycles. The molecule has 0 spiro atoms. The lowest BCUT2D eigenvalue weighted by molar-refractivity contribution is 0.421. The summed E-state index contributed by atoms with van der Waals surface area (Å²) in [6.45, 7) is 0. The highest BCUT2D eigenvalue weighted by atomic mass is 35.5. The average molecular weight is 345 g/mol. The van der Waals surface area contributed by atoms with Gasteiger partial charge in [0.1, 0.15) is 5.76 Å². The van der Waals surface area contributed by atoms with Gasteiger partial charge in [-0.1, -0.05) is 41.9 Å². The summed E-state index contributed by atoms with van der Waals surface area (Å²) >= 11 is 6.99. The molecule has 0 radical (unpaired) electrons. The van der Waals surface area contributed by atoms with Crippen LogP contribution in [0.15, 0.2) is 69.6 Å². The van der Waals surface area contributed by atoms with Gasteiger partial charge in [-0.25, -0.2) is 0 Å². The molecule has 1 aromatic heterocycles. The number of halogens is 1. The van der Waals surface area contributed by atoms with Crippen LogP contribution in [0.4, 0.5) is 0 Å². The van der Waals surface area contributed by atoms with Crippen molar-refractivity contribution < 1.29 is 9.52 Å². The van der Waals surface area contributed by atoms with Crippen LogP contribution in [0.3, 0.4) is 0 Å². The molecule has 0 aliphatic rings. The van der Waals surface area contributed by atoms with Crippen LogP contribution in [0.1, 0.15) is 17.0 Å². The average Bonchev–Trinajstić information content (AvgIpc) is 3.02. The van der Waals surface area contributed by atoms with Gasteiger partial charge >= 0.3 is 0 Å². The van der Waals surface area contributed by atoms with Crippen molar-refractivity contribution in [3.8, 4) is 0 Å². The van der Waals surface area contributed by atoms with Crippen molar-refractivity contribution in [2.75, 3.05) is 0 Å². The van der Waals surface area contributed by atoms with Crippen molar-refractivity contribution in [2.45, 2.75) is 11.6 Å². The Kier molecular flexibility index (Phi) is 5.00. The molecule has 0 fully saturated rings. The number of rotatable bonds is 5. The topological polar surface area (TPSA) is 59.2 Å². The summed E-state index contributed by atoms with van der Waals surface area (Å²) in [5.74, 6) is 0.660. The zero-order chi connectivity index (χ0) is 16.1. The van der Waals surface area contributed by atoms with E-state index in [-0.39, 0.29) is 5.76 Å². The maximum Gasteiger partial charge on any atom is 0.281 e. The number of thioether (sulfide) groups is 1. The number of aliphatic hydroxyl groups is 1. The molecular weight excluding hydrogens is 332 g/mol. The molecule has 0 atom stereocenters. The monoisotopic (exact) mass is 344 g/mol. The van der Waals surface area contributed by atoms with Crippen molar-refractivity contribution in [3.63, 3.8) is 0 Å². The van der Waals surface area contributed by atoms with E-state index in [9.17, 15) is 5.11 Å². The molecule has 3 rings (SSSR count). The van der Waals surface area contributed by atoms with Gasteiger partial charge in [-0.3, -0.25) is 0 Å². The smallest absolute Gasteiger partial charge is 0.281 e. The van der Waals surface area contributed by atoms with Crippen LogP contribution in [0.5, 0.6) is 0 Å².